The van der Waals surface area contributed by atoms with Crippen LogP contribution in [0.3, 0.4) is 0 Å². The highest BCUT2D eigenvalue weighted by molar-refractivity contribution is 9.10. The molecule has 0 amide bonds. The quantitative estimate of drug-likeness (QED) is 0.831. The van der Waals surface area contributed by atoms with Crippen LogP contribution in [0.2, 0.25) is 0 Å². The number of nitrogens with zero attached hydrogens (tertiary/aromatic N) is 2. The van der Waals surface area contributed by atoms with Crippen LogP contribution in [-0.2, 0) is 6.42 Å². The van der Waals surface area contributed by atoms with E-state index in [9.17, 15) is 0 Å². The summed E-state index contributed by atoms with van der Waals surface area (Å²) >= 11 is 5.36. The number of aromatic nitrogens is 1. The van der Waals surface area contributed by atoms with E-state index >= 15 is 0 Å². The number of halogens is 1. The standard InChI is InChI=1S/C14H17BrN2S/c1-17-6-4-10(5-7-17)8-14-16-12-9-11(15)2-3-13(12)18-14/h2-3,9-10H,4-8H2,1H3. The van der Waals surface area contributed by atoms with Crippen LogP contribution in [0, 0.1) is 5.92 Å². The van der Waals surface area contributed by atoms with E-state index in [4.69, 9.17) is 4.98 Å². The van der Waals surface area contributed by atoms with Gasteiger partial charge in [0.1, 0.15) is 0 Å². The first-order valence-corrected chi connectivity index (χ1v) is 8.05. The van der Waals surface area contributed by atoms with Crippen molar-refractivity contribution in [2.75, 3.05) is 20.1 Å². The summed E-state index contributed by atoms with van der Waals surface area (Å²) in [5, 5.41) is 1.30. The predicted molar refractivity (Wildman–Crippen MR) is 81.2 cm³/mol. The lowest BCUT2D eigenvalue weighted by molar-refractivity contribution is 0.219. The molecule has 4 heteroatoms. The number of likely N-dealkylation sites (tertiary alicyclic amines) is 1. The van der Waals surface area contributed by atoms with E-state index in [0.717, 1.165) is 22.3 Å². The van der Waals surface area contributed by atoms with Gasteiger partial charge in [0.25, 0.3) is 0 Å². The second-order valence-corrected chi connectivity index (χ2v) is 7.20. The van der Waals surface area contributed by atoms with Crippen LogP contribution in [0.25, 0.3) is 10.2 Å². The number of hydrogen-bond donors (Lipinski definition) is 0. The van der Waals surface area contributed by atoms with E-state index in [0.29, 0.717) is 0 Å². The Hall–Kier alpha value is -0.450. The van der Waals surface area contributed by atoms with Crippen molar-refractivity contribution in [2.24, 2.45) is 5.92 Å². The lowest BCUT2D eigenvalue weighted by Crippen LogP contribution is -2.30. The molecule has 2 heterocycles. The van der Waals surface area contributed by atoms with Gasteiger partial charge in [0, 0.05) is 10.9 Å². The van der Waals surface area contributed by atoms with Crippen LogP contribution in [0.4, 0.5) is 0 Å². The minimum Gasteiger partial charge on any atom is -0.306 e. The number of fused-ring (bicyclic) bond motifs is 1. The van der Waals surface area contributed by atoms with Crippen LogP contribution in [-0.4, -0.2) is 30.0 Å². The highest BCUT2D eigenvalue weighted by Gasteiger charge is 2.18. The molecular weight excluding hydrogens is 308 g/mol. The topological polar surface area (TPSA) is 16.1 Å². The zero-order valence-electron chi connectivity index (χ0n) is 10.5. The molecule has 18 heavy (non-hydrogen) atoms. The van der Waals surface area contributed by atoms with E-state index in [1.807, 2.05) is 11.3 Å². The summed E-state index contributed by atoms with van der Waals surface area (Å²) in [6.45, 7) is 2.47. The third-order valence-corrected chi connectivity index (χ3v) is 5.25. The summed E-state index contributed by atoms with van der Waals surface area (Å²) < 4.78 is 2.42. The molecule has 3 rings (SSSR count). The Kier molecular flexibility index (Phi) is 3.68. The fourth-order valence-electron chi connectivity index (χ4n) is 2.55. The van der Waals surface area contributed by atoms with Gasteiger partial charge in [0.15, 0.2) is 0 Å². The molecule has 1 saturated heterocycles. The van der Waals surface area contributed by atoms with Gasteiger partial charge in [0.05, 0.1) is 15.2 Å². The monoisotopic (exact) mass is 324 g/mol. The first-order valence-electron chi connectivity index (χ1n) is 6.44. The summed E-state index contributed by atoms with van der Waals surface area (Å²) in [6.07, 6.45) is 3.79. The highest BCUT2D eigenvalue weighted by atomic mass is 79.9. The van der Waals surface area contributed by atoms with Crippen LogP contribution in [0.5, 0.6) is 0 Å². The van der Waals surface area contributed by atoms with Crippen LogP contribution in [0.1, 0.15) is 17.8 Å². The largest absolute Gasteiger partial charge is 0.306 e. The van der Waals surface area contributed by atoms with Crippen LogP contribution in [0.15, 0.2) is 22.7 Å². The lowest BCUT2D eigenvalue weighted by Gasteiger charge is -2.28. The maximum absolute atomic E-state index is 4.76. The van der Waals surface area contributed by atoms with Gasteiger partial charge in [-0.15, -0.1) is 11.3 Å². The molecule has 1 aliphatic rings. The summed E-state index contributed by atoms with van der Waals surface area (Å²) in [7, 11) is 2.21. The van der Waals surface area contributed by atoms with E-state index < -0.39 is 0 Å². The van der Waals surface area contributed by atoms with Crippen molar-refractivity contribution in [1.82, 2.24) is 9.88 Å². The molecular formula is C14H17BrN2S. The van der Waals surface area contributed by atoms with Crippen molar-refractivity contribution in [3.8, 4) is 0 Å². The zero-order chi connectivity index (χ0) is 12.5. The summed E-state index contributed by atoms with van der Waals surface area (Å²) in [5.74, 6) is 0.824. The minimum absolute atomic E-state index is 0.824. The number of benzene rings is 1. The predicted octanol–water partition coefficient (Wildman–Crippen LogP) is 3.94. The first kappa shape index (κ1) is 12.6. The van der Waals surface area contributed by atoms with Gasteiger partial charge in [-0.3, -0.25) is 0 Å². The molecule has 1 fully saturated rings. The highest BCUT2D eigenvalue weighted by Crippen LogP contribution is 2.28. The van der Waals surface area contributed by atoms with Crippen molar-refractivity contribution in [2.45, 2.75) is 19.3 Å². The Balaban J connectivity index is 1.74. The molecule has 0 radical (unpaired) electrons. The molecule has 1 aliphatic heterocycles. The van der Waals surface area contributed by atoms with Crippen molar-refractivity contribution in [3.05, 3.63) is 27.7 Å². The van der Waals surface area contributed by atoms with Crippen molar-refractivity contribution in [1.29, 1.82) is 0 Å². The second-order valence-electron chi connectivity index (χ2n) is 5.17. The third-order valence-electron chi connectivity index (χ3n) is 3.70. The van der Waals surface area contributed by atoms with E-state index in [-0.39, 0.29) is 0 Å². The van der Waals surface area contributed by atoms with E-state index in [1.165, 1.54) is 35.6 Å². The molecule has 2 aromatic rings. The van der Waals surface area contributed by atoms with Crippen molar-refractivity contribution in [3.63, 3.8) is 0 Å². The lowest BCUT2D eigenvalue weighted by atomic mass is 9.94. The normalized spacial score (nSPS) is 18.6. The second kappa shape index (κ2) is 5.27. The smallest absolute Gasteiger partial charge is 0.0941 e. The molecule has 96 valence electrons. The van der Waals surface area contributed by atoms with Gasteiger partial charge in [-0.1, -0.05) is 15.9 Å². The van der Waals surface area contributed by atoms with Crippen molar-refractivity contribution < 1.29 is 0 Å². The molecule has 0 atom stereocenters. The van der Waals surface area contributed by atoms with E-state index in [2.05, 4.69) is 46.1 Å². The van der Waals surface area contributed by atoms with Gasteiger partial charge < -0.3 is 4.90 Å². The summed E-state index contributed by atoms with van der Waals surface area (Å²) in [6, 6.07) is 6.37. The van der Waals surface area contributed by atoms with Crippen LogP contribution < -0.4 is 0 Å². The maximum Gasteiger partial charge on any atom is 0.0941 e. The average Bonchev–Trinajstić information content (AvgIpc) is 2.73. The Morgan fingerprint density at radius 1 is 1.39 bits per heavy atom. The molecule has 0 spiro atoms. The average molecular weight is 325 g/mol. The Morgan fingerprint density at radius 3 is 2.94 bits per heavy atom. The molecule has 0 aliphatic carbocycles. The zero-order valence-corrected chi connectivity index (χ0v) is 12.9. The number of rotatable bonds is 2. The van der Waals surface area contributed by atoms with Gasteiger partial charge in [-0.05, 0) is 57.1 Å². The third kappa shape index (κ3) is 2.76. The fourth-order valence-corrected chi connectivity index (χ4v) is 3.96. The van der Waals surface area contributed by atoms with Gasteiger partial charge >= 0.3 is 0 Å². The molecule has 0 bridgehead atoms. The molecule has 0 unspecified atom stereocenters. The number of piperidine rings is 1. The number of thiazole rings is 1. The summed E-state index contributed by atoms with van der Waals surface area (Å²) in [4.78, 5) is 7.18. The Bertz CT molecular complexity index is 544. The van der Waals surface area contributed by atoms with E-state index in [1.54, 1.807) is 0 Å². The Labute approximate surface area is 120 Å². The van der Waals surface area contributed by atoms with Gasteiger partial charge in [-0.2, -0.15) is 0 Å². The fraction of sp³-hybridized carbons (Fsp3) is 0.500. The molecule has 1 aromatic carbocycles. The van der Waals surface area contributed by atoms with Gasteiger partial charge in [0.2, 0.25) is 0 Å². The molecule has 2 nitrogen and oxygen atoms in total. The Morgan fingerprint density at radius 2 is 2.17 bits per heavy atom. The minimum atomic E-state index is 0.824. The van der Waals surface area contributed by atoms with Crippen molar-refractivity contribution >= 4 is 37.5 Å². The molecule has 1 aromatic heterocycles. The summed E-state index contributed by atoms with van der Waals surface area (Å²) in [5.41, 5.74) is 1.14. The molecule has 0 saturated carbocycles. The van der Waals surface area contributed by atoms with Crippen LogP contribution >= 0.6 is 27.3 Å². The molecule has 0 N–H and O–H groups in total. The maximum atomic E-state index is 4.76. The first-order chi connectivity index (χ1) is 8.70. The SMILES string of the molecule is CN1CCC(Cc2nc3cc(Br)ccc3s2)CC1. The van der Waals surface area contributed by atoms with Gasteiger partial charge in [-0.25, -0.2) is 4.98 Å². The number of hydrogen-bond acceptors (Lipinski definition) is 3.